The fourth-order valence-electron chi connectivity index (χ4n) is 3.43. The quantitative estimate of drug-likeness (QED) is 0.679. The molecule has 3 amide bonds. The molecule has 0 saturated carbocycles. The molecular weight excluding hydrogens is 434 g/mol. The molecule has 12 heteroatoms. The molecule has 2 heterocycles. The van der Waals surface area contributed by atoms with E-state index in [0.717, 1.165) is 17.2 Å². The van der Waals surface area contributed by atoms with Gasteiger partial charge in [0.1, 0.15) is 11.8 Å². The molecule has 1 aromatic carbocycles. The van der Waals surface area contributed by atoms with Crippen molar-refractivity contribution in [3.8, 4) is 0 Å². The molecule has 1 N–H and O–H groups in total. The molecule has 0 radical (unpaired) electrons. The van der Waals surface area contributed by atoms with E-state index < -0.39 is 29.9 Å². The first-order valence-corrected chi connectivity index (χ1v) is 10.2. The maximum Gasteiger partial charge on any atom is 0.414 e. The third-order valence-corrected chi connectivity index (χ3v) is 5.39. The predicted molar refractivity (Wildman–Crippen MR) is 112 cm³/mol. The van der Waals surface area contributed by atoms with Gasteiger partial charge in [-0.1, -0.05) is 0 Å². The second-order valence-corrected chi connectivity index (χ2v) is 7.42. The SMILES string of the molecule is CNC(=O)N1CCN(c2c(F)cc(N3C[C@H](CCC(=S)OC)OC3=O)cc2F)CCO1. The van der Waals surface area contributed by atoms with E-state index in [1.807, 2.05) is 0 Å². The maximum absolute atomic E-state index is 14.9. The Morgan fingerprint density at radius 3 is 2.65 bits per heavy atom. The van der Waals surface area contributed by atoms with Crippen LogP contribution in [0.4, 0.5) is 29.7 Å². The molecule has 0 spiro atoms. The molecule has 9 nitrogen and oxygen atoms in total. The van der Waals surface area contributed by atoms with E-state index in [1.54, 1.807) is 0 Å². The van der Waals surface area contributed by atoms with E-state index in [1.165, 1.54) is 24.0 Å². The van der Waals surface area contributed by atoms with E-state index in [0.29, 0.717) is 17.9 Å². The van der Waals surface area contributed by atoms with Crippen LogP contribution in [0.5, 0.6) is 0 Å². The highest BCUT2D eigenvalue weighted by molar-refractivity contribution is 7.80. The van der Waals surface area contributed by atoms with Crippen molar-refractivity contribution in [3.63, 3.8) is 0 Å². The minimum absolute atomic E-state index is 0.0682. The Morgan fingerprint density at radius 1 is 1.29 bits per heavy atom. The minimum Gasteiger partial charge on any atom is -0.490 e. The van der Waals surface area contributed by atoms with Crippen LogP contribution < -0.4 is 15.1 Å². The van der Waals surface area contributed by atoms with Crippen LogP contribution in [0.15, 0.2) is 12.1 Å². The van der Waals surface area contributed by atoms with E-state index in [-0.39, 0.29) is 44.2 Å². The number of amides is 3. The molecule has 2 fully saturated rings. The van der Waals surface area contributed by atoms with Gasteiger partial charge >= 0.3 is 12.1 Å². The topological polar surface area (TPSA) is 83.6 Å². The fraction of sp³-hybridized carbons (Fsp3) is 0.526. The summed E-state index contributed by atoms with van der Waals surface area (Å²) < 4.78 is 40.0. The van der Waals surface area contributed by atoms with Crippen molar-refractivity contribution in [3.05, 3.63) is 23.8 Å². The molecule has 1 atom stereocenters. The average Bonchev–Trinajstić information content (AvgIpc) is 2.95. The van der Waals surface area contributed by atoms with Gasteiger partial charge in [-0.3, -0.25) is 9.74 Å². The van der Waals surface area contributed by atoms with Gasteiger partial charge in [-0.05, 0) is 18.6 Å². The minimum atomic E-state index is -0.819. The van der Waals surface area contributed by atoms with Crippen molar-refractivity contribution >= 4 is 40.8 Å². The normalized spacial score (nSPS) is 19.2. The number of ether oxygens (including phenoxy) is 2. The second-order valence-electron chi connectivity index (χ2n) is 6.97. The predicted octanol–water partition coefficient (Wildman–Crippen LogP) is 2.44. The summed E-state index contributed by atoms with van der Waals surface area (Å²) in [7, 11) is 2.93. The van der Waals surface area contributed by atoms with E-state index in [9.17, 15) is 18.4 Å². The van der Waals surface area contributed by atoms with E-state index in [4.69, 9.17) is 26.5 Å². The zero-order valence-corrected chi connectivity index (χ0v) is 18.0. The lowest BCUT2D eigenvalue weighted by molar-refractivity contribution is -0.104. The first-order valence-electron chi connectivity index (χ1n) is 9.75. The van der Waals surface area contributed by atoms with Crippen LogP contribution in [-0.2, 0) is 14.3 Å². The van der Waals surface area contributed by atoms with Gasteiger partial charge in [0, 0.05) is 38.7 Å². The van der Waals surface area contributed by atoms with Crippen LogP contribution in [0.1, 0.15) is 12.8 Å². The summed E-state index contributed by atoms with van der Waals surface area (Å²) >= 11 is 4.98. The van der Waals surface area contributed by atoms with Crippen LogP contribution in [0.25, 0.3) is 0 Å². The van der Waals surface area contributed by atoms with Gasteiger partial charge in [-0.25, -0.2) is 23.4 Å². The van der Waals surface area contributed by atoms with Gasteiger partial charge in [-0.2, -0.15) is 0 Å². The Balaban J connectivity index is 1.71. The van der Waals surface area contributed by atoms with Crippen molar-refractivity contribution in [2.24, 2.45) is 0 Å². The number of nitrogens with one attached hydrogen (secondary N) is 1. The molecule has 0 unspecified atom stereocenters. The number of hydroxylamine groups is 2. The smallest absolute Gasteiger partial charge is 0.414 e. The van der Waals surface area contributed by atoms with Gasteiger partial charge in [0.2, 0.25) is 0 Å². The lowest BCUT2D eigenvalue weighted by Crippen LogP contribution is -2.39. The van der Waals surface area contributed by atoms with Gasteiger partial charge in [-0.15, -0.1) is 0 Å². The van der Waals surface area contributed by atoms with Gasteiger partial charge in [0.15, 0.2) is 16.7 Å². The van der Waals surface area contributed by atoms with Gasteiger partial charge in [0.25, 0.3) is 0 Å². The molecule has 31 heavy (non-hydrogen) atoms. The number of hydrogen-bond acceptors (Lipinski definition) is 7. The Labute approximate surface area is 183 Å². The maximum atomic E-state index is 14.9. The Morgan fingerprint density at radius 2 is 2.00 bits per heavy atom. The summed E-state index contributed by atoms with van der Waals surface area (Å²) in [6, 6.07) is 1.76. The summed E-state index contributed by atoms with van der Waals surface area (Å²) in [5.74, 6) is -1.64. The number of cyclic esters (lactones) is 1. The highest BCUT2D eigenvalue weighted by Crippen LogP contribution is 2.32. The summed E-state index contributed by atoms with van der Waals surface area (Å²) in [6.45, 7) is 0.727. The number of urea groups is 1. The number of hydrogen-bond donors (Lipinski definition) is 1. The molecule has 3 rings (SSSR count). The van der Waals surface area contributed by atoms with E-state index in [2.05, 4.69) is 5.32 Å². The number of halogens is 2. The number of carbonyl (C=O) groups is 2. The summed E-state index contributed by atoms with van der Waals surface area (Å²) in [5.41, 5.74) is -0.167. The highest BCUT2D eigenvalue weighted by Gasteiger charge is 2.34. The van der Waals surface area contributed by atoms with Gasteiger partial charge in [0.05, 0.1) is 32.5 Å². The van der Waals surface area contributed by atoms with Gasteiger partial charge < -0.3 is 19.7 Å². The van der Waals surface area contributed by atoms with Crippen molar-refractivity contribution in [1.29, 1.82) is 0 Å². The lowest BCUT2D eigenvalue weighted by atomic mass is 10.2. The number of carbonyl (C=O) groups excluding carboxylic acids is 2. The Bertz CT molecular complexity index is 836. The molecule has 2 saturated heterocycles. The second kappa shape index (κ2) is 10.1. The number of nitrogens with zero attached hydrogens (tertiary/aromatic N) is 3. The van der Waals surface area contributed by atoms with Crippen LogP contribution in [0, 0.1) is 11.6 Å². The number of methoxy groups -OCH3 is 1. The highest BCUT2D eigenvalue weighted by atomic mass is 32.1. The standard InChI is InChI=1S/C19H24F2N4O5S/c1-22-18(26)25-6-5-23(7-8-29-25)17-14(20)9-12(10-15(17)21)24-11-13(30-19(24)27)3-4-16(31)28-2/h9-10,13H,3-8,11H2,1-2H3,(H,22,26)/t13-/m0/s1. The number of thiocarbonyl (C=S) groups is 1. The molecule has 0 aliphatic carbocycles. The molecule has 1 aromatic rings. The van der Waals surface area contributed by atoms with E-state index >= 15 is 0 Å². The summed E-state index contributed by atoms with van der Waals surface area (Å²) in [5, 5.41) is 3.94. The largest absolute Gasteiger partial charge is 0.490 e. The lowest BCUT2D eigenvalue weighted by Gasteiger charge is -2.24. The third-order valence-electron chi connectivity index (χ3n) is 5.02. The van der Waals surface area contributed by atoms with Crippen molar-refractivity contribution < 1.29 is 32.7 Å². The summed E-state index contributed by atoms with van der Waals surface area (Å²) in [4.78, 5) is 31.9. The number of anilines is 2. The molecule has 170 valence electrons. The first-order chi connectivity index (χ1) is 14.8. The van der Waals surface area contributed by atoms with Crippen LogP contribution in [-0.4, -0.2) is 75.3 Å². The van der Waals surface area contributed by atoms with Crippen LogP contribution >= 0.6 is 12.2 Å². The zero-order valence-electron chi connectivity index (χ0n) is 17.2. The first kappa shape index (κ1) is 22.9. The molecule has 2 aliphatic rings. The Hall–Kier alpha value is -2.73. The molecular formula is C19H24F2N4O5S. The zero-order chi connectivity index (χ0) is 22.5. The average molecular weight is 458 g/mol. The number of benzene rings is 1. The molecule has 0 bridgehead atoms. The fourth-order valence-corrected chi connectivity index (χ4v) is 3.55. The van der Waals surface area contributed by atoms with Crippen molar-refractivity contribution in [2.45, 2.75) is 18.9 Å². The van der Waals surface area contributed by atoms with Crippen LogP contribution in [0.2, 0.25) is 0 Å². The van der Waals surface area contributed by atoms with Crippen molar-refractivity contribution in [1.82, 2.24) is 10.4 Å². The third kappa shape index (κ3) is 5.31. The van der Waals surface area contributed by atoms with Crippen molar-refractivity contribution in [2.75, 3.05) is 56.7 Å². The monoisotopic (exact) mass is 458 g/mol. The number of rotatable bonds is 5. The summed E-state index contributed by atoms with van der Waals surface area (Å²) in [6.07, 6.45) is -0.245. The molecule has 2 aliphatic heterocycles. The van der Waals surface area contributed by atoms with Crippen LogP contribution in [0.3, 0.4) is 0 Å². The molecule has 0 aromatic heterocycles. The Kier molecular flexibility index (Phi) is 7.44.